The monoisotopic (exact) mass is 414 g/mol. The second-order valence-corrected chi connectivity index (χ2v) is 8.04. The first-order valence-electron chi connectivity index (χ1n) is 10.4. The van der Waals surface area contributed by atoms with Crippen LogP contribution < -0.4 is 5.56 Å². The van der Waals surface area contributed by atoms with Crippen LogP contribution in [0, 0.1) is 5.92 Å². The van der Waals surface area contributed by atoms with Crippen molar-refractivity contribution < 1.29 is 9.53 Å². The van der Waals surface area contributed by atoms with Crippen LogP contribution in [0.4, 0.5) is 0 Å². The van der Waals surface area contributed by atoms with Gasteiger partial charge in [0.2, 0.25) is 5.56 Å². The molecule has 0 saturated heterocycles. The van der Waals surface area contributed by atoms with Gasteiger partial charge in [0.15, 0.2) is 0 Å². The van der Waals surface area contributed by atoms with Crippen molar-refractivity contribution in [1.29, 1.82) is 0 Å². The fraction of sp³-hybridized carbons (Fsp3) is 0.269. The zero-order valence-corrected chi connectivity index (χ0v) is 18.0. The van der Waals surface area contributed by atoms with Crippen LogP contribution in [0.3, 0.4) is 0 Å². The summed E-state index contributed by atoms with van der Waals surface area (Å²) < 4.78 is 4.87. The van der Waals surface area contributed by atoms with E-state index in [0.717, 1.165) is 29.7 Å². The fourth-order valence-electron chi connectivity index (χ4n) is 4.91. The Morgan fingerprint density at radius 1 is 1.26 bits per heavy atom. The molecule has 2 aromatic rings. The number of ether oxygens (including phenoxy) is 1. The number of nitrogens with one attached hydrogen (secondary N) is 1. The van der Waals surface area contributed by atoms with E-state index in [1.807, 2.05) is 36.4 Å². The highest BCUT2D eigenvalue weighted by molar-refractivity contribution is 5.94. The van der Waals surface area contributed by atoms with Crippen LogP contribution in [-0.2, 0) is 16.7 Å². The molecule has 2 aliphatic rings. The number of fused-ring (bicyclic) bond motifs is 4. The maximum atomic E-state index is 12.0. The Kier molecular flexibility index (Phi) is 5.59. The predicted octanol–water partition coefficient (Wildman–Crippen LogP) is 4.61. The first-order valence-corrected chi connectivity index (χ1v) is 10.4. The van der Waals surface area contributed by atoms with Crippen LogP contribution in [0.2, 0.25) is 0 Å². The molecular formula is C26H26N2O3. The molecule has 0 fully saturated rings. The summed E-state index contributed by atoms with van der Waals surface area (Å²) in [5.41, 5.74) is 5.26. The van der Waals surface area contributed by atoms with Gasteiger partial charge in [-0.1, -0.05) is 42.0 Å². The van der Waals surface area contributed by atoms with Crippen molar-refractivity contribution in [3.05, 3.63) is 98.5 Å². The smallest absolute Gasteiger partial charge is 0.338 e. The standard InChI is InChI=1S/C26H26N2O3/c1-4-21-19-14-17(2)16-26(21,22-11-12-24(29)28-23(22)15-19)27-13-7-9-18-8-5-6-10-20(18)25(30)31-3/h4-14,19H,15-16H2,1-3H3,(H,28,29)/b9-7+,21-4+,27-13?. The molecule has 0 saturated carbocycles. The molecule has 158 valence electrons. The topological polar surface area (TPSA) is 71.5 Å². The number of nitrogens with zero attached hydrogens (tertiary/aromatic N) is 1. The van der Waals surface area contributed by atoms with E-state index in [4.69, 9.17) is 9.73 Å². The van der Waals surface area contributed by atoms with Gasteiger partial charge >= 0.3 is 5.97 Å². The normalized spacial score (nSPS) is 23.8. The molecule has 0 amide bonds. The second kappa shape index (κ2) is 8.34. The largest absolute Gasteiger partial charge is 0.465 e. The molecule has 2 aliphatic carbocycles. The average molecular weight is 415 g/mol. The number of aromatic amines is 1. The van der Waals surface area contributed by atoms with E-state index < -0.39 is 5.54 Å². The molecule has 2 atom stereocenters. The molecule has 0 radical (unpaired) electrons. The summed E-state index contributed by atoms with van der Waals surface area (Å²) >= 11 is 0. The van der Waals surface area contributed by atoms with Crippen molar-refractivity contribution in [2.45, 2.75) is 32.2 Å². The highest BCUT2D eigenvalue weighted by atomic mass is 16.5. The molecule has 1 N–H and O–H groups in total. The van der Waals surface area contributed by atoms with Crippen LogP contribution in [0.25, 0.3) is 6.08 Å². The lowest BCUT2D eigenvalue weighted by Crippen LogP contribution is -2.40. The molecule has 5 nitrogen and oxygen atoms in total. The lowest BCUT2D eigenvalue weighted by molar-refractivity contribution is 0.0600. The van der Waals surface area contributed by atoms with E-state index in [0.29, 0.717) is 5.56 Å². The Bertz CT molecular complexity index is 1200. The number of H-pyrrole nitrogens is 1. The van der Waals surface area contributed by atoms with Gasteiger partial charge in [-0.25, -0.2) is 4.79 Å². The maximum Gasteiger partial charge on any atom is 0.338 e. The van der Waals surface area contributed by atoms with Crippen molar-refractivity contribution in [1.82, 2.24) is 4.98 Å². The second-order valence-electron chi connectivity index (χ2n) is 8.04. The van der Waals surface area contributed by atoms with Crippen LogP contribution in [0.5, 0.6) is 0 Å². The van der Waals surface area contributed by atoms with Crippen molar-refractivity contribution in [3.8, 4) is 0 Å². The van der Waals surface area contributed by atoms with Gasteiger partial charge in [-0.3, -0.25) is 9.79 Å². The minimum Gasteiger partial charge on any atom is -0.465 e. The van der Waals surface area contributed by atoms with Gasteiger partial charge in [0.1, 0.15) is 5.54 Å². The van der Waals surface area contributed by atoms with Gasteiger partial charge in [-0.15, -0.1) is 0 Å². The highest BCUT2D eigenvalue weighted by Gasteiger charge is 2.46. The Labute approximate surface area is 181 Å². The molecular weight excluding hydrogens is 388 g/mol. The molecule has 2 unspecified atom stereocenters. The number of pyridine rings is 1. The molecule has 31 heavy (non-hydrogen) atoms. The summed E-state index contributed by atoms with van der Waals surface area (Å²) in [6.07, 6.45) is 11.5. The number of hydrogen-bond donors (Lipinski definition) is 1. The van der Waals surface area contributed by atoms with Gasteiger partial charge in [-0.05, 0) is 49.6 Å². The molecule has 0 aliphatic heterocycles. The quantitative estimate of drug-likeness (QED) is 0.451. The molecule has 5 heteroatoms. The van der Waals surface area contributed by atoms with E-state index in [9.17, 15) is 9.59 Å². The molecule has 1 heterocycles. The van der Waals surface area contributed by atoms with Gasteiger partial charge in [0.25, 0.3) is 0 Å². The summed E-state index contributed by atoms with van der Waals surface area (Å²) in [6, 6.07) is 10.8. The predicted molar refractivity (Wildman–Crippen MR) is 123 cm³/mol. The lowest BCUT2D eigenvalue weighted by atomic mass is 9.63. The maximum absolute atomic E-state index is 12.0. The third-order valence-electron chi connectivity index (χ3n) is 6.10. The molecule has 1 aromatic carbocycles. The number of allylic oxidation sites excluding steroid dienone is 3. The number of carbonyl (C=O) groups is 1. The van der Waals surface area contributed by atoms with E-state index in [1.165, 1.54) is 18.3 Å². The molecule has 1 aromatic heterocycles. The summed E-state index contributed by atoms with van der Waals surface area (Å²) in [7, 11) is 1.38. The molecule has 0 spiro atoms. The van der Waals surface area contributed by atoms with Crippen LogP contribution in [-0.4, -0.2) is 24.3 Å². The minimum absolute atomic E-state index is 0.0834. The summed E-state index contributed by atoms with van der Waals surface area (Å²) in [4.78, 5) is 32.0. The number of hydrogen-bond acceptors (Lipinski definition) is 4. The first-order chi connectivity index (χ1) is 15.0. The van der Waals surface area contributed by atoms with Crippen LogP contribution >= 0.6 is 0 Å². The fourth-order valence-corrected chi connectivity index (χ4v) is 4.91. The lowest BCUT2D eigenvalue weighted by Gasteiger charge is -2.45. The molecule has 2 bridgehead atoms. The highest BCUT2D eigenvalue weighted by Crippen LogP contribution is 2.51. The van der Waals surface area contributed by atoms with Gasteiger partial charge in [0.05, 0.1) is 12.7 Å². The van der Waals surface area contributed by atoms with Crippen molar-refractivity contribution in [2.24, 2.45) is 10.9 Å². The number of rotatable bonds is 4. The van der Waals surface area contributed by atoms with Crippen molar-refractivity contribution in [3.63, 3.8) is 0 Å². The van der Waals surface area contributed by atoms with Gasteiger partial charge < -0.3 is 9.72 Å². The van der Waals surface area contributed by atoms with E-state index in [1.54, 1.807) is 18.3 Å². The number of benzene rings is 1. The summed E-state index contributed by atoms with van der Waals surface area (Å²) in [6.45, 7) is 4.20. The van der Waals surface area contributed by atoms with E-state index >= 15 is 0 Å². The zero-order valence-electron chi connectivity index (χ0n) is 18.0. The van der Waals surface area contributed by atoms with Crippen LogP contribution in [0.1, 0.15) is 47.4 Å². The Morgan fingerprint density at radius 2 is 2.06 bits per heavy atom. The van der Waals surface area contributed by atoms with Crippen molar-refractivity contribution in [2.75, 3.05) is 7.11 Å². The third-order valence-corrected chi connectivity index (χ3v) is 6.10. The number of aromatic nitrogens is 1. The van der Waals surface area contributed by atoms with E-state index in [-0.39, 0.29) is 17.4 Å². The number of esters is 1. The SMILES string of the molecule is C/C=C1\C2C=C(C)CC1(N=C/C=C/c1ccccc1C(=O)OC)c1ccc(=O)[nH]c1C2. The van der Waals surface area contributed by atoms with Gasteiger partial charge in [0, 0.05) is 35.9 Å². The summed E-state index contributed by atoms with van der Waals surface area (Å²) in [5.74, 6) is -0.140. The number of aliphatic imine (C=N–C) groups is 1. The Hall–Kier alpha value is -3.47. The van der Waals surface area contributed by atoms with Crippen molar-refractivity contribution >= 4 is 18.3 Å². The van der Waals surface area contributed by atoms with Gasteiger partial charge in [-0.2, -0.15) is 0 Å². The number of carbonyl (C=O) groups excluding carboxylic acids is 1. The summed E-state index contributed by atoms with van der Waals surface area (Å²) in [5, 5.41) is 0. The first kappa shape index (κ1) is 20.8. The number of methoxy groups -OCH3 is 1. The average Bonchev–Trinajstić information content (AvgIpc) is 2.75. The van der Waals surface area contributed by atoms with Crippen LogP contribution in [0.15, 0.2) is 75.6 Å². The Morgan fingerprint density at radius 3 is 2.84 bits per heavy atom. The Balaban J connectivity index is 1.75. The molecule has 4 rings (SSSR count). The minimum atomic E-state index is -0.526. The third kappa shape index (κ3) is 3.72. The van der Waals surface area contributed by atoms with E-state index in [2.05, 4.69) is 31.0 Å². The zero-order chi connectivity index (χ0) is 22.0.